The fourth-order valence-corrected chi connectivity index (χ4v) is 3.16. The first-order chi connectivity index (χ1) is 8.74. The van der Waals surface area contributed by atoms with Crippen LogP contribution in [0.15, 0.2) is 36.7 Å². The lowest BCUT2D eigenvalue weighted by molar-refractivity contribution is 1.16. The number of rotatable bonds is 2. The van der Waals surface area contributed by atoms with Gasteiger partial charge in [-0.05, 0) is 36.6 Å². The summed E-state index contributed by atoms with van der Waals surface area (Å²) in [6.07, 6.45) is 4.66. The van der Waals surface area contributed by atoms with E-state index in [-0.39, 0.29) is 0 Å². The number of thiazole rings is 1. The highest BCUT2D eigenvalue weighted by Crippen LogP contribution is 2.29. The van der Waals surface area contributed by atoms with Gasteiger partial charge < -0.3 is 0 Å². The number of nitrogens with zero attached hydrogens (tertiary/aromatic N) is 2. The molecule has 0 aliphatic carbocycles. The normalized spacial score (nSPS) is 11.0. The van der Waals surface area contributed by atoms with Crippen LogP contribution < -0.4 is 0 Å². The number of aryl methyl sites for hydroxylation is 2. The first-order valence-corrected chi connectivity index (χ1v) is 6.80. The predicted octanol–water partition coefficient (Wildman–Crippen LogP) is 3.90. The number of fused-ring (bicyclic) bond motifs is 1. The molecular weight excluding hydrogens is 240 g/mol. The molecule has 3 rings (SSSR count). The van der Waals surface area contributed by atoms with Crippen molar-refractivity contribution in [2.75, 3.05) is 0 Å². The van der Waals surface area contributed by atoms with E-state index in [1.807, 2.05) is 18.5 Å². The van der Waals surface area contributed by atoms with Crippen molar-refractivity contribution in [3.05, 3.63) is 58.4 Å². The average Bonchev–Trinajstić information content (AvgIpc) is 2.77. The number of pyridine rings is 1. The van der Waals surface area contributed by atoms with E-state index in [0.717, 1.165) is 16.9 Å². The van der Waals surface area contributed by atoms with E-state index in [9.17, 15) is 0 Å². The van der Waals surface area contributed by atoms with Crippen LogP contribution in [0.2, 0.25) is 0 Å². The van der Waals surface area contributed by atoms with Crippen molar-refractivity contribution >= 4 is 21.6 Å². The van der Waals surface area contributed by atoms with Gasteiger partial charge in [-0.3, -0.25) is 4.98 Å². The van der Waals surface area contributed by atoms with E-state index in [2.05, 4.69) is 42.0 Å². The second-order valence-electron chi connectivity index (χ2n) is 4.49. The molecule has 0 aliphatic rings. The molecule has 2 aromatic heterocycles. The third-order valence-corrected chi connectivity index (χ3v) is 4.10. The number of benzene rings is 1. The van der Waals surface area contributed by atoms with Crippen molar-refractivity contribution in [2.24, 2.45) is 0 Å². The van der Waals surface area contributed by atoms with Crippen LogP contribution in [0.25, 0.3) is 10.2 Å². The second-order valence-corrected chi connectivity index (χ2v) is 5.69. The highest BCUT2D eigenvalue weighted by molar-refractivity contribution is 7.18. The van der Waals surface area contributed by atoms with Gasteiger partial charge in [-0.25, -0.2) is 4.98 Å². The van der Waals surface area contributed by atoms with E-state index in [1.54, 1.807) is 11.3 Å². The monoisotopic (exact) mass is 254 g/mol. The summed E-state index contributed by atoms with van der Waals surface area (Å²) in [7, 11) is 0. The first-order valence-electron chi connectivity index (χ1n) is 5.98. The zero-order chi connectivity index (χ0) is 12.5. The number of hydrogen-bond donors (Lipinski definition) is 0. The maximum atomic E-state index is 4.62. The van der Waals surface area contributed by atoms with Crippen molar-refractivity contribution in [1.82, 2.24) is 9.97 Å². The Hall–Kier alpha value is -1.74. The van der Waals surface area contributed by atoms with Crippen LogP contribution in [0.3, 0.4) is 0 Å². The van der Waals surface area contributed by atoms with Crippen LogP contribution in [-0.2, 0) is 6.42 Å². The molecule has 1 aromatic carbocycles. The van der Waals surface area contributed by atoms with Crippen molar-refractivity contribution < 1.29 is 0 Å². The summed E-state index contributed by atoms with van der Waals surface area (Å²) in [6, 6.07) is 8.47. The van der Waals surface area contributed by atoms with Gasteiger partial charge in [0.1, 0.15) is 0 Å². The Bertz CT molecular complexity index is 686. The van der Waals surface area contributed by atoms with Gasteiger partial charge in [0.05, 0.1) is 15.2 Å². The zero-order valence-corrected chi connectivity index (χ0v) is 11.3. The minimum absolute atomic E-state index is 0.923. The summed E-state index contributed by atoms with van der Waals surface area (Å²) >= 11 is 1.78. The predicted molar refractivity (Wildman–Crippen MR) is 76.1 cm³/mol. The molecular formula is C15H14N2S. The van der Waals surface area contributed by atoms with Gasteiger partial charge in [0.25, 0.3) is 0 Å². The Kier molecular flexibility index (Phi) is 2.84. The lowest BCUT2D eigenvalue weighted by Gasteiger charge is -2.04. The van der Waals surface area contributed by atoms with Crippen molar-refractivity contribution in [1.29, 1.82) is 0 Å². The molecule has 0 spiro atoms. The molecule has 2 nitrogen and oxygen atoms in total. The van der Waals surface area contributed by atoms with Gasteiger partial charge in [0.2, 0.25) is 0 Å². The zero-order valence-electron chi connectivity index (χ0n) is 10.5. The summed E-state index contributed by atoms with van der Waals surface area (Å²) < 4.78 is 1.32. The largest absolute Gasteiger partial charge is 0.264 e. The Morgan fingerprint density at radius 1 is 1.17 bits per heavy atom. The number of hydrogen-bond acceptors (Lipinski definition) is 3. The summed E-state index contributed by atoms with van der Waals surface area (Å²) in [5.74, 6) is 0. The molecule has 0 unspecified atom stereocenters. The van der Waals surface area contributed by atoms with Gasteiger partial charge in [0, 0.05) is 18.8 Å². The highest BCUT2D eigenvalue weighted by atomic mass is 32.1. The summed E-state index contributed by atoms with van der Waals surface area (Å²) in [5, 5.41) is 1.13. The molecule has 0 atom stereocenters. The van der Waals surface area contributed by atoms with E-state index in [1.165, 1.54) is 21.4 Å². The topological polar surface area (TPSA) is 25.8 Å². The van der Waals surface area contributed by atoms with Crippen LogP contribution in [0.1, 0.15) is 21.7 Å². The molecule has 2 heterocycles. The quantitative estimate of drug-likeness (QED) is 0.693. The molecule has 18 heavy (non-hydrogen) atoms. The lowest BCUT2D eigenvalue weighted by Crippen LogP contribution is -1.90. The maximum absolute atomic E-state index is 4.62. The third-order valence-electron chi connectivity index (χ3n) is 3.05. The Morgan fingerprint density at radius 3 is 2.83 bits per heavy atom. The van der Waals surface area contributed by atoms with Crippen molar-refractivity contribution in [3.8, 4) is 0 Å². The van der Waals surface area contributed by atoms with Gasteiger partial charge in [-0.1, -0.05) is 18.2 Å². The minimum Gasteiger partial charge on any atom is -0.264 e. The van der Waals surface area contributed by atoms with E-state index in [4.69, 9.17) is 0 Å². The fourth-order valence-electron chi connectivity index (χ4n) is 2.15. The van der Waals surface area contributed by atoms with E-state index in [0.29, 0.717) is 0 Å². The molecule has 3 aromatic rings. The van der Waals surface area contributed by atoms with Crippen LogP contribution in [-0.4, -0.2) is 9.97 Å². The molecule has 0 saturated heterocycles. The van der Waals surface area contributed by atoms with E-state index < -0.39 is 0 Å². The molecule has 0 N–H and O–H groups in total. The van der Waals surface area contributed by atoms with Gasteiger partial charge in [0.15, 0.2) is 0 Å². The summed E-state index contributed by atoms with van der Waals surface area (Å²) in [6.45, 7) is 4.19. The van der Waals surface area contributed by atoms with Gasteiger partial charge in [-0.15, -0.1) is 11.3 Å². The Morgan fingerprint density at radius 2 is 2.06 bits per heavy atom. The highest BCUT2D eigenvalue weighted by Gasteiger charge is 2.09. The Balaban J connectivity index is 2.10. The smallest absolute Gasteiger partial charge is 0.0907 e. The standard InChI is InChI=1S/C15H14N2S/c1-10-5-6-13(8-12-4-3-7-16-9-12)15-14(10)17-11(2)18-15/h3-7,9H,8H2,1-2H3. The molecule has 0 bridgehead atoms. The SMILES string of the molecule is Cc1nc2c(C)ccc(Cc3cccnc3)c2s1. The lowest BCUT2D eigenvalue weighted by atomic mass is 10.0. The van der Waals surface area contributed by atoms with Gasteiger partial charge >= 0.3 is 0 Å². The third kappa shape index (κ3) is 2.02. The van der Waals surface area contributed by atoms with Crippen molar-refractivity contribution in [3.63, 3.8) is 0 Å². The van der Waals surface area contributed by atoms with Crippen molar-refractivity contribution in [2.45, 2.75) is 20.3 Å². The van der Waals surface area contributed by atoms with Crippen LogP contribution in [0, 0.1) is 13.8 Å². The molecule has 0 saturated carbocycles. The molecule has 0 amide bonds. The van der Waals surface area contributed by atoms with Gasteiger partial charge in [-0.2, -0.15) is 0 Å². The molecule has 0 radical (unpaired) electrons. The summed E-state index contributed by atoms with van der Waals surface area (Å²) in [4.78, 5) is 8.79. The van der Waals surface area contributed by atoms with Crippen LogP contribution >= 0.6 is 11.3 Å². The van der Waals surface area contributed by atoms with E-state index >= 15 is 0 Å². The first kappa shape index (κ1) is 11.4. The second kappa shape index (κ2) is 4.50. The van der Waals surface area contributed by atoms with Crippen LogP contribution in [0.5, 0.6) is 0 Å². The molecule has 0 fully saturated rings. The maximum Gasteiger partial charge on any atom is 0.0907 e. The Labute approximate surface area is 110 Å². The molecule has 3 heteroatoms. The van der Waals surface area contributed by atoms with Crippen LogP contribution in [0.4, 0.5) is 0 Å². The fraction of sp³-hybridized carbons (Fsp3) is 0.200. The minimum atomic E-state index is 0.923. The average molecular weight is 254 g/mol. The molecule has 90 valence electrons. The summed E-state index contributed by atoms with van der Waals surface area (Å²) in [5.41, 5.74) is 4.99. The molecule has 0 aliphatic heterocycles. The number of aromatic nitrogens is 2.